The molecule has 94 valence electrons. The Bertz CT molecular complexity index is 536. The van der Waals surface area contributed by atoms with Crippen molar-refractivity contribution in [3.8, 4) is 0 Å². The lowest BCUT2D eigenvalue weighted by molar-refractivity contribution is -0.140. The molecule has 3 aliphatic rings. The number of ketones is 1. The van der Waals surface area contributed by atoms with Crippen molar-refractivity contribution >= 4 is 11.8 Å². The number of carbonyl (C=O) groups is 2. The van der Waals surface area contributed by atoms with Gasteiger partial charge in [-0.3, -0.25) is 4.79 Å². The molecule has 0 aromatic carbocycles. The minimum Gasteiger partial charge on any atom is -0.457 e. The molecule has 3 heteroatoms. The molecule has 1 heterocycles. The summed E-state index contributed by atoms with van der Waals surface area (Å²) in [6.45, 7) is 7.80. The second kappa shape index (κ2) is 3.67. The van der Waals surface area contributed by atoms with Crippen LogP contribution in [0.2, 0.25) is 0 Å². The maximum Gasteiger partial charge on any atom is 0.334 e. The number of ether oxygens (including phenoxy) is 1. The van der Waals surface area contributed by atoms with Crippen LogP contribution in [-0.2, 0) is 14.3 Å². The normalized spacial score (nSPS) is 35.1. The first-order valence-electron chi connectivity index (χ1n) is 6.32. The quantitative estimate of drug-likeness (QED) is 0.485. The molecule has 0 aromatic rings. The molecule has 3 nitrogen and oxygen atoms in total. The zero-order chi connectivity index (χ0) is 13.0. The van der Waals surface area contributed by atoms with Crippen molar-refractivity contribution in [1.29, 1.82) is 0 Å². The Morgan fingerprint density at radius 3 is 2.78 bits per heavy atom. The number of allylic oxidation sites excluding steroid dienone is 2. The van der Waals surface area contributed by atoms with Crippen LogP contribution in [0.1, 0.15) is 26.7 Å². The molecule has 0 spiro atoms. The summed E-state index contributed by atoms with van der Waals surface area (Å²) in [7, 11) is 0. The molecule has 1 saturated heterocycles. The monoisotopic (exact) mass is 244 g/mol. The molecule has 3 rings (SSSR count). The highest BCUT2D eigenvalue weighted by atomic mass is 16.6. The van der Waals surface area contributed by atoms with Crippen LogP contribution < -0.4 is 0 Å². The van der Waals surface area contributed by atoms with Crippen LogP contribution in [0.3, 0.4) is 0 Å². The van der Waals surface area contributed by atoms with Gasteiger partial charge in [-0.05, 0) is 32.8 Å². The molecule has 2 aliphatic carbocycles. The van der Waals surface area contributed by atoms with E-state index in [1.54, 1.807) is 6.08 Å². The second-order valence-electron chi connectivity index (χ2n) is 5.46. The Kier molecular flexibility index (Phi) is 2.34. The molecule has 0 aromatic heterocycles. The zero-order valence-corrected chi connectivity index (χ0v) is 10.7. The average Bonchev–Trinajstić information content (AvgIpc) is 2.68. The molecule has 0 amide bonds. The van der Waals surface area contributed by atoms with Gasteiger partial charge < -0.3 is 4.74 Å². The molecule has 18 heavy (non-hydrogen) atoms. The van der Waals surface area contributed by atoms with Gasteiger partial charge in [0.15, 0.2) is 5.78 Å². The fourth-order valence-corrected chi connectivity index (χ4v) is 3.43. The third-order valence-corrected chi connectivity index (χ3v) is 4.39. The SMILES string of the molecule is C=C1C(=O)O[C@H]2C1CCC(C)=C1C(=O)C=C(C)[C@@H]12. The molecule has 1 fully saturated rings. The molecular weight excluding hydrogens is 228 g/mol. The maximum absolute atomic E-state index is 12.0. The summed E-state index contributed by atoms with van der Waals surface area (Å²) in [5.41, 5.74) is 3.56. The standard InChI is InChI=1S/C15H16O3/c1-7-4-5-10-9(3)15(17)18-14(10)13-8(2)6-11(16)12(7)13/h6,10,13-14H,3-5H2,1-2H3/t10?,13-,14-/m0/s1. The van der Waals surface area contributed by atoms with Crippen LogP contribution in [0.4, 0.5) is 0 Å². The lowest BCUT2D eigenvalue weighted by Crippen LogP contribution is -2.27. The predicted octanol–water partition coefficient (Wildman–Crippen LogP) is 2.34. The summed E-state index contributed by atoms with van der Waals surface area (Å²) in [5.74, 6) is -0.197. The Morgan fingerprint density at radius 2 is 2.06 bits per heavy atom. The molecule has 1 aliphatic heterocycles. The van der Waals surface area contributed by atoms with E-state index < -0.39 is 0 Å². The van der Waals surface area contributed by atoms with E-state index in [0.29, 0.717) is 5.57 Å². The molecule has 0 radical (unpaired) electrons. The van der Waals surface area contributed by atoms with Gasteiger partial charge >= 0.3 is 5.97 Å². The van der Waals surface area contributed by atoms with Gasteiger partial charge in [0, 0.05) is 23.0 Å². The molecule has 3 atom stereocenters. The first-order valence-corrected chi connectivity index (χ1v) is 6.32. The fourth-order valence-electron chi connectivity index (χ4n) is 3.43. The number of hydrogen-bond acceptors (Lipinski definition) is 3. The Morgan fingerprint density at radius 1 is 1.33 bits per heavy atom. The van der Waals surface area contributed by atoms with E-state index in [1.165, 1.54) is 0 Å². The van der Waals surface area contributed by atoms with Crippen LogP contribution >= 0.6 is 0 Å². The van der Waals surface area contributed by atoms with Crippen molar-refractivity contribution < 1.29 is 14.3 Å². The third-order valence-electron chi connectivity index (χ3n) is 4.39. The summed E-state index contributed by atoms with van der Waals surface area (Å²) < 4.78 is 5.47. The Balaban J connectivity index is 2.10. The number of hydrogen-bond donors (Lipinski definition) is 0. The Labute approximate surface area is 106 Å². The van der Waals surface area contributed by atoms with Crippen molar-refractivity contribution in [2.45, 2.75) is 32.8 Å². The van der Waals surface area contributed by atoms with Gasteiger partial charge in [0.05, 0.1) is 0 Å². The van der Waals surface area contributed by atoms with Crippen molar-refractivity contribution in [3.05, 3.63) is 34.9 Å². The highest BCUT2D eigenvalue weighted by Gasteiger charge is 2.49. The Hall–Kier alpha value is -1.64. The van der Waals surface area contributed by atoms with E-state index in [4.69, 9.17) is 4.74 Å². The van der Waals surface area contributed by atoms with E-state index >= 15 is 0 Å². The second-order valence-corrected chi connectivity index (χ2v) is 5.46. The van der Waals surface area contributed by atoms with E-state index in [1.807, 2.05) is 13.8 Å². The summed E-state index contributed by atoms with van der Waals surface area (Å²) in [4.78, 5) is 23.7. The van der Waals surface area contributed by atoms with Gasteiger partial charge in [0.25, 0.3) is 0 Å². The fraction of sp³-hybridized carbons (Fsp3) is 0.467. The first kappa shape index (κ1) is 11.5. The van der Waals surface area contributed by atoms with Gasteiger partial charge in [-0.25, -0.2) is 4.79 Å². The van der Waals surface area contributed by atoms with Gasteiger partial charge in [0.1, 0.15) is 6.10 Å². The van der Waals surface area contributed by atoms with E-state index in [0.717, 1.165) is 29.6 Å². The number of esters is 1. The molecule has 0 bridgehead atoms. The van der Waals surface area contributed by atoms with Crippen LogP contribution in [0.5, 0.6) is 0 Å². The molecule has 0 N–H and O–H groups in total. The zero-order valence-electron chi connectivity index (χ0n) is 10.7. The largest absolute Gasteiger partial charge is 0.457 e. The average molecular weight is 244 g/mol. The van der Waals surface area contributed by atoms with Gasteiger partial charge in [-0.15, -0.1) is 0 Å². The third kappa shape index (κ3) is 1.36. The van der Waals surface area contributed by atoms with Crippen molar-refractivity contribution in [2.75, 3.05) is 0 Å². The van der Waals surface area contributed by atoms with Gasteiger partial charge in [-0.2, -0.15) is 0 Å². The van der Waals surface area contributed by atoms with Gasteiger partial charge in [0.2, 0.25) is 0 Å². The van der Waals surface area contributed by atoms with Crippen LogP contribution in [0.15, 0.2) is 34.9 Å². The van der Waals surface area contributed by atoms with Crippen molar-refractivity contribution in [1.82, 2.24) is 0 Å². The lowest BCUT2D eigenvalue weighted by atomic mass is 9.83. The number of carbonyl (C=O) groups excluding carboxylic acids is 2. The summed E-state index contributed by atoms with van der Waals surface area (Å²) in [6.07, 6.45) is 3.15. The smallest absolute Gasteiger partial charge is 0.334 e. The van der Waals surface area contributed by atoms with Crippen molar-refractivity contribution in [2.24, 2.45) is 11.8 Å². The topological polar surface area (TPSA) is 43.4 Å². The summed E-state index contributed by atoms with van der Waals surface area (Å²) >= 11 is 0. The van der Waals surface area contributed by atoms with E-state index in [2.05, 4.69) is 6.58 Å². The predicted molar refractivity (Wildman–Crippen MR) is 66.7 cm³/mol. The molecule has 0 saturated carbocycles. The first-order chi connectivity index (χ1) is 8.50. The highest BCUT2D eigenvalue weighted by Crippen LogP contribution is 2.47. The lowest BCUT2D eigenvalue weighted by Gasteiger charge is -2.23. The minimum atomic E-state index is -0.295. The number of rotatable bonds is 0. The maximum atomic E-state index is 12.0. The van der Waals surface area contributed by atoms with E-state index in [-0.39, 0.29) is 29.7 Å². The van der Waals surface area contributed by atoms with Crippen LogP contribution in [0, 0.1) is 11.8 Å². The number of fused-ring (bicyclic) bond motifs is 3. The minimum absolute atomic E-state index is 0.0480. The van der Waals surface area contributed by atoms with Crippen LogP contribution in [-0.4, -0.2) is 17.9 Å². The highest BCUT2D eigenvalue weighted by molar-refractivity contribution is 6.09. The summed E-state index contributed by atoms with van der Waals surface area (Å²) in [6, 6.07) is 0. The summed E-state index contributed by atoms with van der Waals surface area (Å²) in [5, 5.41) is 0. The van der Waals surface area contributed by atoms with Crippen molar-refractivity contribution in [3.63, 3.8) is 0 Å². The van der Waals surface area contributed by atoms with E-state index in [9.17, 15) is 9.59 Å². The molecular formula is C15H16O3. The van der Waals surface area contributed by atoms with Gasteiger partial charge in [-0.1, -0.05) is 17.7 Å². The van der Waals surface area contributed by atoms with Crippen LogP contribution in [0.25, 0.3) is 0 Å². The molecule has 1 unspecified atom stereocenters.